The van der Waals surface area contributed by atoms with Gasteiger partial charge in [0.15, 0.2) is 0 Å². The molecule has 0 saturated carbocycles. The van der Waals surface area contributed by atoms with Crippen LogP contribution in [0.1, 0.15) is 19.4 Å². The minimum absolute atomic E-state index is 0.0575. The largest absolute Gasteiger partial charge is 0.352 e. The van der Waals surface area contributed by atoms with Gasteiger partial charge in [0, 0.05) is 41.8 Å². The third-order valence-electron chi connectivity index (χ3n) is 3.87. The highest BCUT2D eigenvalue weighted by Gasteiger charge is 2.15. The molecule has 0 saturated heterocycles. The lowest BCUT2D eigenvalue weighted by Crippen LogP contribution is -2.13. The van der Waals surface area contributed by atoms with E-state index in [1.54, 1.807) is 37.5 Å². The number of pyridine rings is 1. The average molecular weight is 364 g/mol. The first kappa shape index (κ1) is 18.2. The molecule has 0 unspecified atom stereocenters. The van der Waals surface area contributed by atoms with E-state index >= 15 is 0 Å². The summed E-state index contributed by atoms with van der Waals surface area (Å²) in [7, 11) is 0. The Morgan fingerprint density at radius 3 is 2.63 bits per heavy atom. The van der Waals surface area contributed by atoms with Crippen molar-refractivity contribution in [2.45, 2.75) is 26.8 Å². The predicted octanol–water partition coefficient (Wildman–Crippen LogP) is 4.32. The second kappa shape index (κ2) is 7.77. The number of hydrogen-bond acceptors (Lipinski definition) is 7. The zero-order chi connectivity index (χ0) is 19.4. The van der Waals surface area contributed by atoms with Crippen LogP contribution in [0.5, 0.6) is 0 Å². The van der Waals surface area contributed by atoms with Crippen LogP contribution in [0.3, 0.4) is 0 Å². The first-order chi connectivity index (χ1) is 12.9. The maximum Gasteiger partial charge on any atom is 0.274 e. The number of aromatic nitrogens is 3. The monoisotopic (exact) mass is 364 g/mol. The molecule has 0 radical (unpaired) electrons. The zero-order valence-electron chi connectivity index (χ0n) is 15.3. The second-order valence-electron chi connectivity index (χ2n) is 6.33. The van der Waals surface area contributed by atoms with Gasteiger partial charge in [0.05, 0.1) is 16.2 Å². The minimum Gasteiger partial charge on any atom is -0.352 e. The fourth-order valence-corrected chi connectivity index (χ4v) is 2.59. The number of nitro benzene ring substituents is 1. The fraction of sp³-hybridized carbons (Fsp3) is 0.211. The quantitative estimate of drug-likeness (QED) is 0.495. The topological polar surface area (TPSA) is 106 Å². The molecule has 2 heterocycles. The third-order valence-corrected chi connectivity index (χ3v) is 3.87. The van der Waals surface area contributed by atoms with Crippen molar-refractivity contribution in [3.63, 3.8) is 0 Å². The van der Waals surface area contributed by atoms with Gasteiger partial charge < -0.3 is 10.6 Å². The second-order valence-corrected chi connectivity index (χ2v) is 6.33. The van der Waals surface area contributed by atoms with Crippen molar-refractivity contribution in [1.29, 1.82) is 0 Å². The lowest BCUT2D eigenvalue weighted by molar-refractivity contribution is -0.385. The Kier molecular flexibility index (Phi) is 5.25. The van der Waals surface area contributed by atoms with E-state index in [-0.39, 0.29) is 11.7 Å². The summed E-state index contributed by atoms with van der Waals surface area (Å²) < 4.78 is 0. The Hall–Kier alpha value is -3.55. The predicted molar refractivity (Wildman–Crippen MR) is 105 cm³/mol. The molecular weight excluding hydrogens is 344 g/mol. The van der Waals surface area contributed by atoms with Crippen LogP contribution in [0.15, 0.2) is 48.8 Å². The highest BCUT2D eigenvalue weighted by molar-refractivity contribution is 5.70. The van der Waals surface area contributed by atoms with E-state index in [1.165, 1.54) is 6.07 Å². The molecule has 0 aliphatic carbocycles. The summed E-state index contributed by atoms with van der Waals surface area (Å²) in [5.74, 6) is 1.01. The molecule has 0 atom stereocenters. The molecular formula is C19H20N6O2. The molecule has 8 nitrogen and oxygen atoms in total. The van der Waals surface area contributed by atoms with E-state index in [9.17, 15) is 10.1 Å². The van der Waals surface area contributed by atoms with Crippen LogP contribution in [0, 0.1) is 17.0 Å². The van der Waals surface area contributed by atoms with E-state index in [4.69, 9.17) is 0 Å². The van der Waals surface area contributed by atoms with Crippen molar-refractivity contribution >= 4 is 23.1 Å². The van der Waals surface area contributed by atoms with Gasteiger partial charge in [-0.05, 0) is 39.0 Å². The molecule has 3 aromatic rings. The number of anilines is 3. The highest BCUT2D eigenvalue weighted by Crippen LogP contribution is 2.29. The number of benzene rings is 1. The molecule has 8 heteroatoms. The summed E-state index contributed by atoms with van der Waals surface area (Å²) in [4.78, 5) is 23.9. The number of rotatable bonds is 6. The van der Waals surface area contributed by atoms with Crippen LogP contribution in [0.4, 0.5) is 23.1 Å². The maximum absolute atomic E-state index is 11.2. The smallest absolute Gasteiger partial charge is 0.274 e. The molecule has 2 N–H and O–H groups in total. The van der Waals surface area contributed by atoms with E-state index in [0.29, 0.717) is 28.7 Å². The molecule has 1 aromatic carbocycles. The van der Waals surface area contributed by atoms with Crippen LogP contribution in [0.2, 0.25) is 0 Å². The first-order valence-corrected chi connectivity index (χ1v) is 8.51. The van der Waals surface area contributed by atoms with E-state index < -0.39 is 4.92 Å². The average Bonchev–Trinajstić information content (AvgIpc) is 2.63. The van der Waals surface area contributed by atoms with Gasteiger partial charge in [-0.3, -0.25) is 15.1 Å². The van der Waals surface area contributed by atoms with Crippen molar-refractivity contribution in [3.05, 3.63) is 64.5 Å². The lowest BCUT2D eigenvalue weighted by Gasteiger charge is -2.14. The Morgan fingerprint density at radius 1 is 1.15 bits per heavy atom. The zero-order valence-corrected chi connectivity index (χ0v) is 15.3. The SMILES string of the molecule is Cc1c(Nc2cc(-c3cccnc3)nc(NC(C)C)n2)cccc1[N+](=O)[O-]. The Labute approximate surface area is 156 Å². The molecule has 0 fully saturated rings. The van der Waals surface area contributed by atoms with Crippen LogP contribution >= 0.6 is 0 Å². The summed E-state index contributed by atoms with van der Waals surface area (Å²) in [5.41, 5.74) is 2.78. The number of nitrogens with one attached hydrogen (secondary N) is 2. The molecule has 0 aliphatic rings. The van der Waals surface area contributed by atoms with Gasteiger partial charge in [0.2, 0.25) is 5.95 Å². The summed E-state index contributed by atoms with van der Waals surface area (Å²) in [5, 5.41) is 17.5. The molecule has 27 heavy (non-hydrogen) atoms. The van der Waals surface area contributed by atoms with Gasteiger partial charge in [-0.25, -0.2) is 4.98 Å². The van der Waals surface area contributed by atoms with Gasteiger partial charge >= 0.3 is 0 Å². The van der Waals surface area contributed by atoms with Gasteiger partial charge in [0.1, 0.15) is 5.82 Å². The Balaban J connectivity index is 2.02. The molecule has 0 amide bonds. The van der Waals surface area contributed by atoms with Crippen molar-refractivity contribution in [2.75, 3.05) is 10.6 Å². The number of nitrogens with zero attached hydrogens (tertiary/aromatic N) is 4. The van der Waals surface area contributed by atoms with E-state index in [1.807, 2.05) is 26.0 Å². The molecule has 138 valence electrons. The normalized spacial score (nSPS) is 10.7. The van der Waals surface area contributed by atoms with Gasteiger partial charge in [-0.2, -0.15) is 4.98 Å². The molecule has 0 aliphatic heterocycles. The minimum atomic E-state index is -0.396. The summed E-state index contributed by atoms with van der Waals surface area (Å²) >= 11 is 0. The Morgan fingerprint density at radius 2 is 1.96 bits per heavy atom. The Bertz CT molecular complexity index is 960. The summed E-state index contributed by atoms with van der Waals surface area (Å²) in [6, 6.07) is 10.6. The fourth-order valence-electron chi connectivity index (χ4n) is 2.59. The van der Waals surface area contributed by atoms with E-state index in [2.05, 4.69) is 25.6 Å². The van der Waals surface area contributed by atoms with Gasteiger partial charge in [-0.1, -0.05) is 6.07 Å². The van der Waals surface area contributed by atoms with Gasteiger partial charge in [-0.15, -0.1) is 0 Å². The van der Waals surface area contributed by atoms with Crippen LogP contribution in [-0.4, -0.2) is 25.9 Å². The number of hydrogen-bond donors (Lipinski definition) is 2. The van der Waals surface area contributed by atoms with Crippen molar-refractivity contribution in [2.24, 2.45) is 0 Å². The lowest BCUT2D eigenvalue weighted by atomic mass is 10.1. The van der Waals surface area contributed by atoms with Crippen LogP contribution in [-0.2, 0) is 0 Å². The van der Waals surface area contributed by atoms with Crippen LogP contribution < -0.4 is 10.6 Å². The third kappa shape index (κ3) is 4.35. The molecule has 0 bridgehead atoms. The van der Waals surface area contributed by atoms with Crippen molar-refractivity contribution < 1.29 is 4.92 Å². The molecule has 2 aromatic heterocycles. The van der Waals surface area contributed by atoms with Crippen LogP contribution in [0.25, 0.3) is 11.3 Å². The van der Waals surface area contributed by atoms with Gasteiger partial charge in [0.25, 0.3) is 5.69 Å². The number of nitro groups is 1. The van der Waals surface area contributed by atoms with Crippen molar-refractivity contribution in [1.82, 2.24) is 15.0 Å². The standard InChI is InChI=1S/C19H20N6O2/c1-12(2)21-19-23-16(14-6-5-9-20-11-14)10-18(24-19)22-15-7-4-8-17(13(15)3)25(26)27/h4-12H,1-3H3,(H2,21,22,23,24). The molecule has 0 spiro atoms. The summed E-state index contributed by atoms with van der Waals surface area (Å²) in [6.07, 6.45) is 3.42. The summed E-state index contributed by atoms with van der Waals surface area (Å²) in [6.45, 7) is 5.70. The van der Waals surface area contributed by atoms with E-state index in [0.717, 1.165) is 5.56 Å². The highest BCUT2D eigenvalue weighted by atomic mass is 16.6. The molecule has 3 rings (SSSR count). The van der Waals surface area contributed by atoms with Crippen molar-refractivity contribution in [3.8, 4) is 11.3 Å². The first-order valence-electron chi connectivity index (χ1n) is 8.51. The maximum atomic E-state index is 11.2.